The zero-order valence-electron chi connectivity index (χ0n) is 11.8. The van der Waals surface area contributed by atoms with Gasteiger partial charge in [-0.05, 0) is 24.2 Å². The highest BCUT2D eigenvalue weighted by Crippen LogP contribution is 2.02. The molecule has 0 aromatic carbocycles. The van der Waals surface area contributed by atoms with Crippen molar-refractivity contribution >= 4 is 28.6 Å². The fourth-order valence-electron chi connectivity index (χ4n) is 1.29. The zero-order chi connectivity index (χ0) is 14.3. The van der Waals surface area contributed by atoms with Crippen molar-refractivity contribution in [1.29, 1.82) is 0 Å². The first-order chi connectivity index (χ1) is 9.18. The molecule has 0 saturated heterocycles. The molecule has 0 saturated carbocycles. The van der Waals surface area contributed by atoms with E-state index < -0.39 is 0 Å². The number of unbranched alkanes of at least 4 members (excludes halogenated alkanes) is 3. The molecule has 0 spiro atoms. The molecule has 0 amide bonds. The van der Waals surface area contributed by atoms with Crippen molar-refractivity contribution in [2.75, 3.05) is 37.5 Å². The number of hydrogen-bond donors (Lipinski definition) is 0. The number of carbonyl (C=O) groups excluding carboxylic acids is 1. The molecule has 0 aliphatic carbocycles. The normalized spacial score (nSPS) is 10.4. The van der Waals surface area contributed by atoms with E-state index in [2.05, 4.69) is 29.2 Å². The van der Waals surface area contributed by atoms with E-state index in [1.165, 1.54) is 23.7 Å². The molecule has 4 nitrogen and oxygen atoms in total. The summed E-state index contributed by atoms with van der Waals surface area (Å²) >= 11 is 2.40. The van der Waals surface area contributed by atoms with Crippen LogP contribution in [0.15, 0.2) is 12.2 Å². The van der Waals surface area contributed by atoms with Gasteiger partial charge in [-0.15, -0.1) is 0 Å². The Labute approximate surface area is 130 Å². The number of alkyl halides is 1. The van der Waals surface area contributed by atoms with Gasteiger partial charge in [-0.3, -0.25) is 0 Å². The van der Waals surface area contributed by atoms with E-state index in [0.717, 1.165) is 13.0 Å². The Morgan fingerprint density at radius 2 is 1.53 bits per heavy atom. The van der Waals surface area contributed by atoms with Crippen molar-refractivity contribution in [2.24, 2.45) is 0 Å². The number of carbonyl (C=O) groups is 1. The minimum Gasteiger partial charge on any atom is -0.460 e. The van der Waals surface area contributed by atoms with Crippen LogP contribution in [-0.4, -0.2) is 43.4 Å². The topological polar surface area (TPSA) is 44.8 Å². The van der Waals surface area contributed by atoms with E-state index in [0.29, 0.717) is 25.4 Å². The average molecular weight is 384 g/mol. The van der Waals surface area contributed by atoms with Crippen molar-refractivity contribution in [3.8, 4) is 0 Å². The second-order valence-electron chi connectivity index (χ2n) is 4.24. The minimum absolute atomic E-state index is 0.266. The predicted molar refractivity (Wildman–Crippen MR) is 84.8 cm³/mol. The van der Waals surface area contributed by atoms with Crippen LogP contribution in [-0.2, 0) is 19.0 Å². The average Bonchev–Trinajstić information content (AvgIpc) is 2.39. The highest BCUT2D eigenvalue weighted by molar-refractivity contribution is 14.1. The molecule has 0 aliphatic heterocycles. The van der Waals surface area contributed by atoms with Crippen molar-refractivity contribution in [3.05, 3.63) is 12.2 Å². The van der Waals surface area contributed by atoms with E-state index in [4.69, 9.17) is 14.2 Å². The van der Waals surface area contributed by atoms with E-state index in [9.17, 15) is 4.79 Å². The van der Waals surface area contributed by atoms with Gasteiger partial charge in [0, 0.05) is 12.2 Å². The summed E-state index contributed by atoms with van der Waals surface area (Å²) < 4.78 is 16.8. The molecule has 0 aliphatic rings. The fourth-order valence-corrected chi connectivity index (χ4v) is 1.83. The minimum atomic E-state index is -0.369. The first kappa shape index (κ1) is 18.9. The zero-order valence-corrected chi connectivity index (χ0v) is 13.9. The summed E-state index contributed by atoms with van der Waals surface area (Å²) in [4.78, 5) is 11.0. The van der Waals surface area contributed by atoms with Gasteiger partial charge in [0.25, 0.3) is 0 Å². The Balaban J connectivity index is 3.07. The predicted octanol–water partition coefficient (Wildman–Crippen LogP) is 3.13. The molecule has 19 heavy (non-hydrogen) atoms. The summed E-state index contributed by atoms with van der Waals surface area (Å²) in [5.74, 6) is -0.369. The third kappa shape index (κ3) is 14.1. The van der Waals surface area contributed by atoms with E-state index in [1.54, 1.807) is 6.92 Å². The van der Waals surface area contributed by atoms with Crippen molar-refractivity contribution in [2.45, 2.75) is 32.6 Å². The highest BCUT2D eigenvalue weighted by Gasteiger charge is 2.01. The molecule has 0 fully saturated rings. The molecule has 0 N–H and O–H groups in total. The Morgan fingerprint density at radius 1 is 0.947 bits per heavy atom. The van der Waals surface area contributed by atoms with Gasteiger partial charge >= 0.3 is 5.97 Å². The smallest absolute Gasteiger partial charge is 0.333 e. The summed E-state index contributed by atoms with van der Waals surface area (Å²) in [6.45, 7) is 7.72. The molecule has 0 unspecified atom stereocenters. The maximum absolute atomic E-state index is 11.0. The lowest BCUT2D eigenvalue weighted by atomic mass is 10.2. The number of esters is 1. The molecular weight excluding hydrogens is 359 g/mol. The number of ether oxygens (including phenoxy) is 3. The van der Waals surface area contributed by atoms with Crippen LogP contribution in [0.3, 0.4) is 0 Å². The SMILES string of the molecule is C=C(C)C(=O)OCCOCCOCCCCCCI. The van der Waals surface area contributed by atoms with Crippen molar-refractivity contribution in [1.82, 2.24) is 0 Å². The highest BCUT2D eigenvalue weighted by atomic mass is 127. The van der Waals surface area contributed by atoms with Crippen LogP contribution >= 0.6 is 22.6 Å². The van der Waals surface area contributed by atoms with Crippen LogP contribution in [0.5, 0.6) is 0 Å². The lowest BCUT2D eigenvalue weighted by Gasteiger charge is -2.06. The van der Waals surface area contributed by atoms with Gasteiger partial charge in [0.1, 0.15) is 6.61 Å². The molecule has 0 aromatic rings. The molecule has 112 valence electrons. The molecular formula is C14H25IO4. The number of rotatable bonds is 13. The fraction of sp³-hybridized carbons (Fsp3) is 0.786. The van der Waals surface area contributed by atoms with Gasteiger partial charge in [0.05, 0.1) is 19.8 Å². The van der Waals surface area contributed by atoms with Gasteiger partial charge in [0.15, 0.2) is 0 Å². The van der Waals surface area contributed by atoms with Gasteiger partial charge in [-0.1, -0.05) is 42.0 Å². The van der Waals surface area contributed by atoms with E-state index >= 15 is 0 Å². The van der Waals surface area contributed by atoms with Crippen molar-refractivity contribution < 1.29 is 19.0 Å². The monoisotopic (exact) mass is 384 g/mol. The van der Waals surface area contributed by atoms with Crippen LogP contribution in [0.25, 0.3) is 0 Å². The van der Waals surface area contributed by atoms with Crippen LogP contribution in [0.4, 0.5) is 0 Å². The van der Waals surface area contributed by atoms with Crippen LogP contribution in [0.2, 0.25) is 0 Å². The Bertz CT molecular complexity index is 244. The summed E-state index contributed by atoms with van der Waals surface area (Å²) in [6.07, 6.45) is 4.94. The molecule has 0 bridgehead atoms. The third-order valence-electron chi connectivity index (χ3n) is 2.35. The second kappa shape index (κ2) is 14.3. The van der Waals surface area contributed by atoms with Crippen LogP contribution in [0, 0.1) is 0 Å². The van der Waals surface area contributed by atoms with Crippen LogP contribution < -0.4 is 0 Å². The molecule has 5 heteroatoms. The largest absolute Gasteiger partial charge is 0.460 e. The maximum atomic E-state index is 11.0. The molecule has 0 radical (unpaired) electrons. The van der Waals surface area contributed by atoms with Gasteiger partial charge < -0.3 is 14.2 Å². The standard InChI is InChI=1S/C14H25IO4/c1-13(2)14(16)19-12-11-18-10-9-17-8-6-4-3-5-7-15/h1,3-12H2,2H3. The molecule has 0 atom stereocenters. The molecule has 0 rings (SSSR count). The summed E-state index contributed by atoms with van der Waals surface area (Å²) in [6, 6.07) is 0. The van der Waals surface area contributed by atoms with Gasteiger partial charge in [-0.2, -0.15) is 0 Å². The lowest BCUT2D eigenvalue weighted by Crippen LogP contribution is -2.13. The van der Waals surface area contributed by atoms with Gasteiger partial charge in [0.2, 0.25) is 0 Å². The number of hydrogen-bond acceptors (Lipinski definition) is 4. The quantitative estimate of drug-likeness (QED) is 0.161. The van der Waals surface area contributed by atoms with E-state index in [1.807, 2.05) is 0 Å². The molecule has 0 heterocycles. The van der Waals surface area contributed by atoms with Crippen LogP contribution in [0.1, 0.15) is 32.6 Å². The third-order valence-corrected chi connectivity index (χ3v) is 3.12. The van der Waals surface area contributed by atoms with Crippen molar-refractivity contribution in [3.63, 3.8) is 0 Å². The number of halogens is 1. The molecule has 0 aromatic heterocycles. The first-order valence-corrected chi connectivity index (χ1v) is 8.25. The summed E-state index contributed by atoms with van der Waals surface area (Å²) in [7, 11) is 0. The summed E-state index contributed by atoms with van der Waals surface area (Å²) in [5.41, 5.74) is 0.408. The maximum Gasteiger partial charge on any atom is 0.333 e. The Hall–Kier alpha value is -0.140. The summed E-state index contributed by atoms with van der Waals surface area (Å²) in [5, 5.41) is 0. The Kier molecular flexibility index (Phi) is 14.2. The Morgan fingerprint density at radius 3 is 2.16 bits per heavy atom. The second-order valence-corrected chi connectivity index (χ2v) is 5.32. The van der Waals surface area contributed by atoms with E-state index in [-0.39, 0.29) is 12.6 Å². The lowest BCUT2D eigenvalue weighted by molar-refractivity contribution is -0.140. The van der Waals surface area contributed by atoms with Gasteiger partial charge in [-0.25, -0.2) is 4.79 Å². The first-order valence-electron chi connectivity index (χ1n) is 6.72.